The van der Waals surface area contributed by atoms with Gasteiger partial charge in [0.1, 0.15) is 11.3 Å². The molecule has 0 spiro atoms. The second kappa shape index (κ2) is 8.51. The third kappa shape index (κ3) is 3.87. The van der Waals surface area contributed by atoms with E-state index in [0.717, 1.165) is 47.5 Å². The summed E-state index contributed by atoms with van der Waals surface area (Å²) in [5, 5.41) is 9.90. The molecule has 0 amide bonds. The Balaban J connectivity index is 1.48. The quantitative estimate of drug-likeness (QED) is 0.339. The number of nitrogens with zero attached hydrogens (tertiary/aromatic N) is 5. The number of benzene rings is 2. The highest BCUT2D eigenvalue weighted by Gasteiger charge is 2.14. The zero-order chi connectivity index (χ0) is 22.1. The average Bonchev–Trinajstić information content (AvgIpc) is 3.38. The van der Waals surface area contributed by atoms with Crippen LogP contribution in [-0.2, 0) is 6.54 Å². The predicted octanol–water partition coefficient (Wildman–Crippen LogP) is 4.69. The molecule has 0 atom stereocenters. The first-order valence-corrected chi connectivity index (χ1v) is 11.0. The molecule has 162 valence electrons. The van der Waals surface area contributed by atoms with E-state index in [0.29, 0.717) is 17.2 Å². The summed E-state index contributed by atoms with van der Waals surface area (Å²) in [7, 11) is 0. The van der Waals surface area contributed by atoms with Crippen LogP contribution in [0, 0.1) is 0 Å². The number of fused-ring (bicyclic) bond motifs is 3. The molecule has 0 unspecified atom stereocenters. The Morgan fingerprint density at radius 2 is 1.78 bits per heavy atom. The smallest absolute Gasteiger partial charge is 0.350 e. The molecule has 5 rings (SSSR count). The fraction of sp³-hybridized carbons (Fsp3) is 0.208. The standard InChI is InChI=1S/C24H22ClN5O2/c1-2-3-14-32-20-10-6-18(7-11-20)21-15-22-23-27-30(16-17-4-8-19(25)9-5-17)24(31)28(23)12-13-29(22)26-21/h4-13,15H,2-3,14,16H2,1H3. The first-order chi connectivity index (χ1) is 15.6. The van der Waals surface area contributed by atoms with Crippen molar-refractivity contribution in [3.63, 3.8) is 0 Å². The van der Waals surface area contributed by atoms with Crippen LogP contribution in [0.3, 0.4) is 0 Å². The first kappa shape index (κ1) is 20.3. The lowest BCUT2D eigenvalue weighted by molar-refractivity contribution is 0.309. The number of hydrogen-bond donors (Lipinski definition) is 0. The summed E-state index contributed by atoms with van der Waals surface area (Å²) in [5.41, 5.74) is 3.85. The van der Waals surface area contributed by atoms with Crippen molar-refractivity contribution in [3.8, 4) is 17.0 Å². The molecule has 2 aromatic carbocycles. The van der Waals surface area contributed by atoms with E-state index in [4.69, 9.17) is 16.3 Å². The SMILES string of the molecule is CCCCOc1ccc(-c2cc3c4nn(Cc5ccc(Cl)cc5)c(=O)n4ccn3n2)cc1. The Morgan fingerprint density at radius 1 is 1.00 bits per heavy atom. The summed E-state index contributed by atoms with van der Waals surface area (Å²) in [5.74, 6) is 0.848. The van der Waals surface area contributed by atoms with Crippen LogP contribution in [0.15, 0.2) is 71.8 Å². The number of halogens is 1. The van der Waals surface area contributed by atoms with Crippen molar-refractivity contribution < 1.29 is 4.74 Å². The highest BCUT2D eigenvalue weighted by molar-refractivity contribution is 6.30. The summed E-state index contributed by atoms with van der Waals surface area (Å²) < 4.78 is 10.5. The second-order valence-corrected chi connectivity index (χ2v) is 8.08. The number of aromatic nitrogens is 5. The molecule has 0 saturated heterocycles. The van der Waals surface area contributed by atoms with E-state index < -0.39 is 0 Å². The molecule has 3 heterocycles. The van der Waals surface area contributed by atoms with Crippen molar-refractivity contribution in [1.29, 1.82) is 0 Å². The van der Waals surface area contributed by atoms with Gasteiger partial charge in [-0.2, -0.15) is 5.10 Å². The van der Waals surface area contributed by atoms with Gasteiger partial charge in [0, 0.05) is 23.0 Å². The highest BCUT2D eigenvalue weighted by atomic mass is 35.5. The van der Waals surface area contributed by atoms with Gasteiger partial charge in [-0.3, -0.25) is 0 Å². The molecule has 8 heteroatoms. The van der Waals surface area contributed by atoms with E-state index >= 15 is 0 Å². The van der Waals surface area contributed by atoms with E-state index in [-0.39, 0.29) is 5.69 Å². The Hall–Kier alpha value is -3.58. The molecule has 5 aromatic rings. The Labute approximate surface area is 189 Å². The van der Waals surface area contributed by atoms with Gasteiger partial charge in [0.2, 0.25) is 0 Å². The first-order valence-electron chi connectivity index (χ1n) is 10.6. The molecule has 0 aliphatic rings. The van der Waals surface area contributed by atoms with Gasteiger partial charge in [0.25, 0.3) is 0 Å². The number of ether oxygens (including phenoxy) is 1. The van der Waals surface area contributed by atoms with Crippen LogP contribution >= 0.6 is 11.6 Å². The van der Waals surface area contributed by atoms with Crippen LogP contribution in [0.4, 0.5) is 0 Å². The molecule has 0 bridgehead atoms. The fourth-order valence-electron chi connectivity index (χ4n) is 3.60. The third-order valence-corrected chi connectivity index (χ3v) is 5.61. The van der Waals surface area contributed by atoms with Gasteiger partial charge in [0.15, 0.2) is 5.65 Å². The van der Waals surface area contributed by atoms with Crippen molar-refractivity contribution in [2.24, 2.45) is 0 Å². The molecule has 0 N–H and O–H groups in total. The van der Waals surface area contributed by atoms with Crippen LogP contribution in [0.25, 0.3) is 22.4 Å². The zero-order valence-corrected chi connectivity index (χ0v) is 18.4. The van der Waals surface area contributed by atoms with Gasteiger partial charge in [0.05, 0.1) is 18.8 Å². The molecule has 0 fully saturated rings. The normalized spacial score (nSPS) is 11.4. The largest absolute Gasteiger partial charge is 0.494 e. The minimum atomic E-state index is -0.200. The summed E-state index contributed by atoms with van der Waals surface area (Å²) >= 11 is 5.96. The highest BCUT2D eigenvalue weighted by Crippen LogP contribution is 2.24. The van der Waals surface area contributed by atoms with E-state index in [1.165, 1.54) is 4.68 Å². The van der Waals surface area contributed by atoms with Gasteiger partial charge < -0.3 is 4.74 Å². The van der Waals surface area contributed by atoms with E-state index in [2.05, 4.69) is 17.1 Å². The lowest BCUT2D eigenvalue weighted by Crippen LogP contribution is -2.21. The van der Waals surface area contributed by atoms with Gasteiger partial charge in [-0.1, -0.05) is 37.1 Å². The van der Waals surface area contributed by atoms with Crippen molar-refractivity contribution in [1.82, 2.24) is 23.8 Å². The summed E-state index contributed by atoms with van der Waals surface area (Å²) in [6.45, 7) is 3.22. The van der Waals surface area contributed by atoms with Gasteiger partial charge >= 0.3 is 5.69 Å². The van der Waals surface area contributed by atoms with Crippen LogP contribution < -0.4 is 10.4 Å². The monoisotopic (exact) mass is 447 g/mol. The summed E-state index contributed by atoms with van der Waals surface area (Å²) in [4.78, 5) is 12.9. The molecule has 32 heavy (non-hydrogen) atoms. The van der Waals surface area contributed by atoms with Crippen LogP contribution in [-0.4, -0.2) is 30.4 Å². The molecular formula is C24H22ClN5O2. The van der Waals surface area contributed by atoms with Crippen molar-refractivity contribution >= 4 is 22.8 Å². The maximum Gasteiger partial charge on any atom is 0.350 e. The zero-order valence-electron chi connectivity index (χ0n) is 17.6. The van der Waals surface area contributed by atoms with Gasteiger partial charge in [-0.05, 0) is 54.4 Å². The topological polar surface area (TPSA) is 65.8 Å². The molecule has 7 nitrogen and oxygen atoms in total. The lowest BCUT2D eigenvalue weighted by Gasteiger charge is -2.05. The molecule has 0 radical (unpaired) electrons. The van der Waals surface area contributed by atoms with E-state index in [9.17, 15) is 4.79 Å². The maximum absolute atomic E-state index is 12.9. The van der Waals surface area contributed by atoms with Crippen molar-refractivity contribution in [3.05, 3.63) is 88.1 Å². The van der Waals surface area contributed by atoms with E-state index in [1.54, 1.807) is 33.4 Å². The third-order valence-electron chi connectivity index (χ3n) is 5.35. The second-order valence-electron chi connectivity index (χ2n) is 7.64. The number of rotatable bonds is 7. The van der Waals surface area contributed by atoms with Gasteiger partial charge in [-0.15, -0.1) is 5.10 Å². The lowest BCUT2D eigenvalue weighted by atomic mass is 10.1. The number of hydrogen-bond acceptors (Lipinski definition) is 4. The summed E-state index contributed by atoms with van der Waals surface area (Å²) in [6.07, 6.45) is 5.60. The molecule has 0 aliphatic carbocycles. The maximum atomic E-state index is 12.9. The summed E-state index contributed by atoms with van der Waals surface area (Å²) in [6, 6.07) is 17.2. The molecule has 3 aromatic heterocycles. The average molecular weight is 448 g/mol. The van der Waals surface area contributed by atoms with Crippen LogP contribution in [0.1, 0.15) is 25.3 Å². The Morgan fingerprint density at radius 3 is 2.53 bits per heavy atom. The predicted molar refractivity (Wildman–Crippen MR) is 125 cm³/mol. The molecular weight excluding hydrogens is 426 g/mol. The molecule has 0 saturated carbocycles. The van der Waals surface area contributed by atoms with Crippen molar-refractivity contribution in [2.45, 2.75) is 26.3 Å². The minimum Gasteiger partial charge on any atom is -0.494 e. The van der Waals surface area contributed by atoms with E-state index in [1.807, 2.05) is 42.5 Å². The van der Waals surface area contributed by atoms with Crippen LogP contribution in [0.5, 0.6) is 5.75 Å². The number of unbranched alkanes of at least 4 members (excludes halogenated alkanes) is 1. The Bertz CT molecular complexity index is 1430. The fourth-order valence-corrected chi connectivity index (χ4v) is 3.72. The minimum absolute atomic E-state index is 0.200. The van der Waals surface area contributed by atoms with Crippen molar-refractivity contribution in [2.75, 3.05) is 6.61 Å². The molecule has 0 aliphatic heterocycles. The van der Waals surface area contributed by atoms with Gasteiger partial charge in [-0.25, -0.2) is 18.4 Å². The Kier molecular flexibility index (Phi) is 5.41. The van der Waals surface area contributed by atoms with Crippen LogP contribution in [0.2, 0.25) is 5.02 Å².